The molecule has 0 saturated carbocycles. The van der Waals surface area contributed by atoms with Gasteiger partial charge >= 0.3 is 0 Å². The zero-order valence-corrected chi connectivity index (χ0v) is 11.7. The molecule has 0 heterocycles. The number of amides is 1. The van der Waals surface area contributed by atoms with E-state index in [1.54, 1.807) is 25.3 Å². The fourth-order valence-corrected chi connectivity index (χ4v) is 1.75. The normalized spacial score (nSPS) is 10.3. The average molecular weight is 287 g/mol. The number of nitrogens with one attached hydrogen (secondary N) is 1. The number of carbonyl (C=O) groups excluding carboxylic acids is 1. The van der Waals surface area contributed by atoms with Gasteiger partial charge in [-0.1, -0.05) is 17.7 Å². The molecule has 19 heavy (non-hydrogen) atoms. The van der Waals surface area contributed by atoms with Crippen LogP contribution in [0.4, 0.5) is 0 Å². The quantitative estimate of drug-likeness (QED) is 0.707. The third-order valence-corrected chi connectivity index (χ3v) is 2.84. The highest BCUT2D eigenvalue weighted by Crippen LogP contribution is 2.25. The summed E-state index contributed by atoms with van der Waals surface area (Å²) < 4.78 is 10.3. The van der Waals surface area contributed by atoms with Crippen molar-refractivity contribution in [2.24, 2.45) is 5.73 Å². The van der Waals surface area contributed by atoms with Crippen LogP contribution < -0.4 is 15.8 Å². The van der Waals surface area contributed by atoms with Crippen LogP contribution in [0.25, 0.3) is 0 Å². The van der Waals surface area contributed by atoms with Gasteiger partial charge < -0.3 is 20.5 Å². The minimum absolute atomic E-state index is 0.0552. The molecule has 1 rings (SSSR count). The van der Waals surface area contributed by atoms with E-state index in [0.717, 1.165) is 6.42 Å². The first-order chi connectivity index (χ1) is 9.19. The minimum Gasteiger partial charge on any atom is -0.483 e. The van der Waals surface area contributed by atoms with Gasteiger partial charge in [-0.25, -0.2) is 0 Å². The van der Waals surface area contributed by atoms with Crippen LogP contribution in [-0.4, -0.2) is 32.8 Å². The van der Waals surface area contributed by atoms with Gasteiger partial charge in [0, 0.05) is 37.4 Å². The van der Waals surface area contributed by atoms with Gasteiger partial charge in [0.05, 0.1) is 0 Å². The van der Waals surface area contributed by atoms with E-state index in [0.29, 0.717) is 29.5 Å². The second-order valence-corrected chi connectivity index (χ2v) is 4.31. The van der Waals surface area contributed by atoms with E-state index in [4.69, 9.17) is 26.8 Å². The molecule has 5 nitrogen and oxygen atoms in total. The van der Waals surface area contributed by atoms with Crippen molar-refractivity contribution in [3.8, 4) is 5.75 Å². The standard InChI is InChI=1S/C13H19ClN2O3/c1-18-7-3-6-16-13(17)9-19-12-5-2-4-11(14)10(12)8-15/h2,4-5H,3,6-9,15H2,1H3,(H,16,17). The van der Waals surface area contributed by atoms with Crippen molar-refractivity contribution >= 4 is 17.5 Å². The molecule has 0 aliphatic rings. The fourth-order valence-electron chi connectivity index (χ4n) is 1.51. The molecular weight excluding hydrogens is 268 g/mol. The van der Waals surface area contributed by atoms with Crippen LogP contribution in [0.2, 0.25) is 5.02 Å². The van der Waals surface area contributed by atoms with E-state index >= 15 is 0 Å². The van der Waals surface area contributed by atoms with Crippen molar-refractivity contribution in [1.82, 2.24) is 5.32 Å². The van der Waals surface area contributed by atoms with Gasteiger partial charge in [-0.05, 0) is 18.6 Å². The Morgan fingerprint density at radius 2 is 2.26 bits per heavy atom. The van der Waals surface area contributed by atoms with Crippen LogP contribution in [0.3, 0.4) is 0 Å². The molecule has 0 atom stereocenters. The molecule has 0 unspecified atom stereocenters. The van der Waals surface area contributed by atoms with Crippen LogP contribution in [-0.2, 0) is 16.1 Å². The van der Waals surface area contributed by atoms with Crippen molar-refractivity contribution in [2.75, 3.05) is 26.9 Å². The lowest BCUT2D eigenvalue weighted by atomic mass is 10.2. The molecule has 0 bridgehead atoms. The number of methoxy groups -OCH3 is 1. The van der Waals surface area contributed by atoms with Gasteiger partial charge in [-0.15, -0.1) is 0 Å². The lowest BCUT2D eigenvalue weighted by Crippen LogP contribution is -2.30. The second kappa shape index (κ2) is 8.74. The summed E-state index contributed by atoms with van der Waals surface area (Å²) >= 11 is 5.99. The van der Waals surface area contributed by atoms with Crippen molar-refractivity contribution < 1.29 is 14.3 Å². The number of carbonyl (C=O) groups is 1. The summed E-state index contributed by atoms with van der Waals surface area (Å²) in [6.45, 7) is 1.40. The maximum absolute atomic E-state index is 11.5. The summed E-state index contributed by atoms with van der Waals surface area (Å²) in [6.07, 6.45) is 0.771. The Labute approximate surface area is 118 Å². The Kier molecular flexibility index (Phi) is 7.25. The highest BCUT2D eigenvalue weighted by Gasteiger charge is 2.08. The lowest BCUT2D eigenvalue weighted by Gasteiger charge is -2.11. The first-order valence-corrected chi connectivity index (χ1v) is 6.42. The van der Waals surface area contributed by atoms with E-state index in [2.05, 4.69) is 5.32 Å². The molecule has 1 amide bonds. The number of benzene rings is 1. The molecule has 106 valence electrons. The smallest absolute Gasteiger partial charge is 0.257 e. The van der Waals surface area contributed by atoms with Crippen LogP contribution in [0.1, 0.15) is 12.0 Å². The summed E-state index contributed by atoms with van der Waals surface area (Å²) in [5.74, 6) is 0.362. The Morgan fingerprint density at radius 1 is 1.47 bits per heavy atom. The molecule has 3 N–H and O–H groups in total. The van der Waals surface area contributed by atoms with Crippen LogP contribution >= 0.6 is 11.6 Å². The van der Waals surface area contributed by atoms with Gasteiger partial charge in [-0.2, -0.15) is 0 Å². The van der Waals surface area contributed by atoms with Gasteiger partial charge in [0.2, 0.25) is 0 Å². The summed E-state index contributed by atoms with van der Waals surface area (Å²) in [6, 6.07) is 5.24. The van der Waals surface area contributed by atoms with Gasteiger partial charge in [-0.3, -0.25) is 4.79 Å². The van der Waals surface area contributed by atoms with Crippen LogP contribution in [0.15, 0.2) is 18.2 Å². The topological polar surface area (TPSA) is 73.6 Å². The maximum atomic E-state index is 11.5. The number of hydrogen-bond acceptors (Lipinski definition) is 4. The number of ether oxygens (including phenoxy) is 2. The van der Waals surface area contributed by atoms with E-state index in [1.165, 1.54) is 0 Å². The Balaban J connectivity index is 2.40. The van der Waals surface area contributed by atoms with Crippen molar-refractivity contribution in [2.45, 2.75) is 13.0 Å². The molecule has 0 aromatic heterocycles. The predicted octanol–water partition coefficient (Wildman–Crippen LogP) is 1.33. The van der Waals surface area contributed by atoms with Gasteiger partial charge in [0.25, 0.3) is 5.91 Å². The molecule has 1 aromatic rings. The number of halogens is 1. The van der Waals surface area contributed by atoms with Crippen LogP contribution in [0, 0.1) is 0 Å². The number of hydrogen-bond donors (Lipinski definition) is 2. The number of nitrogens with two attached hydrogens (primary N) is 1. The molecular formula is C13H19ClN2O3. The molecule has 1 aromatic carbocycles. The van der Waals surface area contributed by atoms with Gasteiger partial charge in [0.15, 0.2) is 6.61 Å². The summed E-state index contributed by atoms with van der Waals surface area (Å²) in [7, 11) is 1.62. The minimum atomic E-state index is -0.181. The first-order valence-electron chi connectivity index (χ1n) is 6.05. The van der Waals surface area contributed by atoms with Crippen molar-refractivity contribution in [3.63, 3.8) is 0 Å². The molecule has 0 spiro atoms. The summed E-state index contributed by atoms with van der Waals surface area (Å²) in [4.78, 5) is 11.5. The second-order valence-electron chi connectivity index (χ2n) is 3.91. The zero-order chi connectivity index (χ0) is 14.1. The van der Waals surface area contributed by atoms with Crippen molar-refractivity contribution in [3.05, 3.63) is 28.8 Å². The largest absolute Gasteiger partial charge is 0.483 e. The third-order valence-electron chi connectivity index (χ3n) is 2.49. The summed E-state index contributed by atoms with van der Waals surface area (Å²) in [5.41, 5.74) is 6.30. The van der Waals surface area contributed by atoms with Gasteiger partial charge in [0.1, 0.15) is 5.75 Å². The monoisotopic (exact) mass is 286 g/mol. The Hall–Kier alpha value is -1.30. The van der Waals surface area contributed by atoms with E-state index in [1.807, 2.05) is 0 Å². The molecule has 0 saturated heterocycles. The van der Waals surface area contributed by atoms with E-state index in [9.17, 15) is 4.79 Å². The molecule has 0 aliphatic heterocycles. The van der Waals surface area contributed by atoms with E-state index < -0.39 is 0 Å². The van der Waals surface area contributed by atoms with Crippen LogP contribution in [0.5, 0.6) is 5.75 Å². The molecule has 6 heteroatoms. The van der Waals surface area contributed by atoms with E-state index in [-0.39, 0.29) is 19.1 Å². The zero-order valence-electron chi connectivity index (χ0n) is 10.9. The third kappa shape index (κ3) is 5.46. The maximum Gasteiger partial charge on any atom is 0.257 e. The highest BCUT2D eigenvalue weighted by molar-refractivity contribution is 6.31. The SMILES string of the molecule is COCCCNC(=O)COc1cccc(Cl)c1CN. The Morgan fingerprint density at radius 3 is 2.95 bits per heavy atom. The average Bonchev–Trinajstić information content (AvgIpc) is 2.41. The molecule has 0 radical (unpaired) electrons. The number of rotatable bonds is 8. The molecule has 0 fully saturated rings. The highest BCUT2D eigenvalue weighted by atomic mass is 35.5. The first kappa shape index (κ1) is 15.8. The predicted molar refractivity (Wildman–Crippen MR) is 74.3 cm³/mol. The lowest BCUT2D eigenvalue weighted by molar-refractivity contribution is -0.123. The molecule has 0 aliphatic carbocycles. The fraction of sp³-hybridized carbons (Fsp3) is 0.462. The van der Waals surface area contributed by atoms with Crippen molar-refractivity contribution in [1.29, 1.82) is 0 Å². The Bertz CT molecular complexity index is 413. The summed E-state index contributed by atoms with van der Waals surface area (Å²) in [5, 5.41) is 3.27.